The van der Waals surface area contributed by atoms with Crippen LogP contribution in [0.3, 0.4) is 0 Å². The lowest BCUT2D eigenvalue weighted by Gasteiger charge is -2.25. The van der Waals surface area contributed by atoms with Crippen molar-refractivity contribution in [3.63, 3.8) is 0 Å². The molecular formula is C16H20N4O3S. The summed E-state index contributed by atoms with van der Waals surface area (Å²) in [6, 6.07) is 5.68. The standard InChI is InChI=1S/C16H20N4O3S/c1-20-10-18-19-16(20)24-6-5-17-15(21)12-7-11-8-13(22-2)3-4-14(11)23-9-12/h3-4,8,10,12H,5-7,9H2,1-2H3,(H,17,21). The lowest BCUT2D eigenvalue weighted by atomic mass is 9.96. The number of fused-ring (bicyclic) bond motifs is 1. The molecule has 1 aliphatic heterocycles. The lowest BCUT2D eigenvalue weighted by Crippen LogP contribution is -2.38. The van der Waals surface area contributed by atoms with E-state index < -0.39 is 0 Å². The Labute approximate surface area is 144 Å². The number of hydrogen-bond donors (Lipinski definition) is 1. The van der Waals surface area contributed by atoms with Gasteiger partial charge < -0.3 is 19.4 Å². The van der Waals surface area contributed by atoms with Gasteiger partial charge in [0.05, 0.1) is 13.0 Å². The third-order valence-corrected chi connectivity index (χ3v) is 4.88. The number of ether oxygens (including phenoxy) is 2. The van der Waals surface area contributed by atoms with E-state index in [1.165, 1.54) is 0 Å². The fourth-order valence-electron chi connectivity index (χ4n) is 2.53. The molecule has 1 aromatic carbocycles. The minimum Gasteiger partial charge on any atom is -0.497 e. The highest BCUT2D eigenvalue weighted by molar-refractivity contribution is 7.99. The molecule has 0 fully saturated rings. The molecule has 2 heterocycles. The van der Waals surface area contributed by atoms with Crippen LogP contribution in [0.25, 0.3) is 0 Å². The fraction of sp³-hybridized carbons (Fsp3) is 0.438. The molecule has 24 heavy (non-hydrogen) atoms. The second kappa shape index (κ2) is 7.57. The van der Waals surface area contributed by atoms with Crippen LogP contribution in [0.4, 0.5) is 0 Å². The Morgan fingerprint density at radius 2 is 2.42 bits per heavy atom. The maximum absolute atomic E-state index is 12.3. The number of aryl methyl sites for hydroxylation is 1. The maximum Gasteiger partial charge on any atom is 0.226 e. The van der Waals surface area contributed by atoms with Crippen LogP contribution in [0, 0.1) is 5.92 Å². The molecule has 7 nitrogen and oxygen atoms in total. The van der Waals surface area contributed by atoms with E-state index in [0.29, 0.717) is 19.6 Å². The summed E-state index contributed by atoms with van der Waals surface area (Å²) in [6.45, 7) is 0.986. The summed E-state index contributed by atoms with van der Waals surface area (Å²) in [6.07, 6.45) is 2.32. The number of benzene rings is 1. The number of amides is 1. The van der Waals surface area contributed by atoms with Gasteiger partial charge in [-0.1, -0.05) is 11.8 Å². The summed E-state index contributed by atoms with van der Waals surface area (Å²) >= 11 is 1.56. The van der Waals surface area contributed by atoms with Crippen LogP contribution in [-0.2, 0) is 18.3 Å². The lowest BCUT2D eigenvalue weighted by molar-refractivity contribution is -0.126. The first-order valence-electron chi connectivity index (χ1n) is 7.71. The Hall–Kier alpha value is -2.22. The van der Waals surface area contributed by atoms with E-state index in [1.807, 2.05) is 29.8 Å². The van der Waals surface area contributed by atoms with Gasteiger partial charge in [0.2, 0.25) is 5.91 Å². The third kappa shape index (κ3) is 3.81. The molecule has 8 heteroatoms. The van der Waals surface area contributed by atoms with Crippen molar-refractivity contribution in [3.8, 4) is 11.5 Å². The van der Waals surface area contributed by atoms with Gasteiger partial charge in [-0.05, 0) is 30.2 Å². The van der Waals surface area contributed by atoms with Crippen molar-refractivity contribution in [2.24, 2.45) is 13.0 Å². The van der Waals surface area contributed by atoms with Crippen molar-refractivity contribution >= 4 is 17.7 Å². The monoisotopic (exact) mass is 348 g/mol. The molecule has 0 spiro atoms. The summed E-state index contributed by atoms with van der Waals surface area (Å²) < 4.78 is 12.8. The first-order chi connectivity index (χ1) is 11.7. The van der Waals surface area contributed by atoms with Crippen LogP contribution in [0.2, 0.25) is 0 Å². The summed E-state index contributed by atoms with van der Waals surface area (Å²) in [4.78, 5) is 12.3. The molecule has 0 saturated heterocycles. The number of nitrogens with one attached hydrogen (secondary N) is 1. The molecule has 0 aliphatic carbocycles. The van der Waals surface area contributed by atoms with E-state index in [9.17, 15) is 4.79 Å². The molecule has 1 aromatic heterocycles. The molecule has 2 aromatic rings. The predicted octanol–water partition coefficient (Wildman–Crippen LogP) is 1.28. The Kier molecular flexibility index (Phi) is 5.24. The first-order valence-corrected chi connectivity index (χ1v) is 8.70. The molecule has 128 valence electrons. The minimum absolute atomic E-state index is 0.0158. The molecule has 0 saturated carbocycles. The number of carbonyl (C=O) groups excluding carboxylic acids is 1. The zero-order valence-electron chi connectivity index (χ0n) is 13.7. The van der Waals surface area contributed by atoms with Crippen LogP contribution in [0.15, 0.2) is 29.7 Å². The van der Waals surface area contributed by atoms with Crippen LogP contribution >= 0.6 is 11.8 Å². The van der Waals surface area contributed by atoms with Crippen molar-refractivity contribution < 1.29 is 14.3 Å². The SMILES string of the molecule is COc1ccc2c(c1)CC(C(=O)NCCSc1nncn1C)CO2. The summed E-state index contributed by atoms with van der Waals surface area (Å²) in [5.41, 5.74) is 1.01. The highest BCUT2D eigenvalue weighted by Crippen LogP contribution is 2.30. The Balaban J connectivity index is 1.48. The zero-order chi connectivity index (χ0) is 16.9. The van der Waals surface area contributed by atoms with Gasteiger partial charge >= 0.3 is 0 Å². The first kappa shape index (κ1) is 16.6. The highest BCUT2D eigenvalue weighted by atomic mass is 32.2. The van der Waals surface area contributed by atoms with Crippen LogP contribution in [0.5, 0.6) is 11.5 Å². The Bertz CT molecular complexity index is 719. The molecule has 1 unspecified atom stereocenters. The topological polar surface area (TPSA) is 78.3 Å². The Morgan fingerprint density at radius 3 is 3.17 bits per heavy atom. The van der Waals surface area contributed by atoms with Crippen LogP contribution < -0.4 is 14.8 Å². The second-order valence-electron chi connectivity index (χ2n) is 5.55. The van der Waals surface area contributed by atoms with E-state index in [4.69, 9.17) is 9.47 Å². The molecule has 1 N–H and O–H groups in total. The number of carbonyl (C=O) groups is 1. The van der Waals surface area contributed by atoms with Gasteiger partial charge in [-0.3, -0.25) is 4.79 Å². The van der Waals surface area contributed by atoms with Gasteiger partial charge in [0, 0.05) is 19.3 Å². The second-order valence-corrected chi connectivity index (χ2v) is 6.61. The molecule has 1 aliphatic rings. The molecule has 1 atom stereocenters. The van der Waals surface area contributed by atoms with E-state index in [2.05, 4.69) is 15.5 Å². The van der Waals surface area contributed by atoms with Crippen molar-refractivity contribution in [1.29, 1.82) is 0 Å². The average Bonchev–Trinajstić information content (AvgIpc) is 3.02. The van der Waals surface area contributed by atoms with Gasteiger partial charge in [0.25, 0.3) is 0 Å². The fourth-order valence-corrected chi connectivity index (χ4v) is 3.27. The quantitative estimate of drug-likeness (QED) is 0.626. The van der Waals surface area contributed by atoms with Gasteiger partial charge in [0.15, 0.2) is 5.16 Å². The minimum atomic E-state index is -0.176. The van der Waals surface area contributed by atoms with Crippen molar-refractivity contribution in [2.75, 3.05) is 26.0 Å². The van der Waals surface area contributed by atoms with E-state index in [-0.39, 0.29) is 11.8 Å². The number of rotatable bonds is 6. The van der Waals surface area contributed by atoms with Gasteiger partial charge in [0.1, 0.15) is 24.4 Å². The number of aromatic nitrogens is 3. The normalized spacial score (nSPS) is 16.2. The number of thioether (sulfide) groups is 1. The van der Waals surface area contributed by atoms with E-state index >= 15 is 0 Å². The number of nitrogens with zero attached hydrogens (tertiary/aromatic N) is 3. The molecule has 0 bridgehead atoms. The zero-order valence-corrected chi connectivity index (χ0v) is 14.5. The Morgan fingerprint density at radius 1 is 1.54 bits per heavy atom. The van der Waals surface area contributed by atoms with Crippen LogP contribution in [0.1, 0.15) is 5.56 Å². The maximum atomic E-state index is 12.3. The van der Waals surface area contributed by atoms with E-state index in [0.717, 1.165) is 28.0 Å². The average molecular weight is 348 g/mol. The van der Waals surface area contributed by atoms with Gasteiger partial charge in [-0.25, -0.2) is 0 Å². The van der Waals surface area contributed by atoms with Crippen molar-refractivity contribution in [1.82, 2.24) is 20.1 Å². The third-order valence-electron chi connectivity index (χ3n) is 3.85. The van der Waals surface area contributed by atoms with Crippen molar-refractivity contribution in [2.45, 2.75) is 11.6 Å². The van der Waals surface area contributed by atoms with E-state index in [1.54, 1.807) is 25.2 Å². The largest absolute Gasteiger partial charge is 0.497 e. The summed E-state index contributed by atoms with van der Waals surface area (Å²) in [7, 11) is 3.52. The summed E-state index contributed by atoms with van der Waals surface area (Å²) in [5, 5.41) is 11.6. The molecule has 3 rings (SSSR count). The van der Waals surface area contributed by atoms with Crippen LogP contribution in [-0.4, -0.2) is 46.7 Å². The number of methoxy groups -OCH3 is 1. The summed E-state index contributed by atoms with van der Waals surface area (Å²) in [5.74, 6) is 2.19. The smallest absolute Gasteiger partial charge is 0.226 e. The van der Waals surface area contributed by atoms with Gasteiger partial charge in [-0.2, -0.15) is 0 Å². The highest BCUT2D eigenvalue weighted by Gasteiger charge is 2.26. The van der Waals surface area contributed by atoms with Crippen molar-refractivity contribution in [3.05, 3.63) is 30.1 Å². The molecular weight excluding hydrogens is 328 g/mol. The van der Waals surface area contributed by atoms with Gasteiger partial charge in [-0.15, -0.1) is 10.2 Å². The molecule has 1 amide bonds. The predicted molar refractivity (Wildman–Crippen MR) is 90.4 cm³/mol. The number of hydrogen-bond acceptors (Lipinski definition) is 6. The molecule has 0 radical (unpaired) electrons.